The maximum absolute atomic E-state index is 5.85. The third-order valence-electron chi connectivity index (χ3n) is 3.63. The average Bonchev–Trinajstić information content (AvgIpc) is 3.17. The largest absolute Gasteiger partial charge is 0.491 e. The van der Waals surface area contributed by atoms with Crippen LogP contribution < -0.4 is 4.74 Å². The lowest BCUT2D eigenvalue weighted by molar-refractivity contribution is 0.225. The number of H-pyrrole nitrogens is 1. The Bertz CT molecular complexity index is 717. The second kappa shape index (κ2) is 4.52. The van der Waals surface area contributed by atoms with Crippen LogP contribution in [0.2, 0.25) is 0 Å². The molecule has 0 amide bonds. The Kier molecular flexibility index (Phi) is 2.55. The summed E-state index contributed by atoms with van der Waals surface area (Å²) in [6.45, 7) is 0.654. The molecule has 0 saturated carbocycles. The molecule has 1 N–H and O–H groups in total. The van der Waals surface area contributed by atoms with Gasteiger partial charge in [0.15, 0.2) is 11.6 Å². The van der Waals surface area contributed by atoms with E-state index in [0.717, 1.165) is 23.8 Å². The number of benzene rings is 1. The number of aromatic nitrogens is 4. The molecule has 0 unspecified atom stereocenters. The fourth-order valence-corrected chi connectivity index (χ4v) is 2.67. The third-order valence-corrected chi connectivity index (χ3v) is 3.63. The smallest absolute Gasteiger partial charge is 0.176 e. The van der Waals surface area contributed by atoms with Crippen molar-refractivity contribution in [1.82, 2.24) is 19.5 Å². The zero-order valence-corrected chi connectivity index (χ0v) is 10.9. The van der Waals surface area contributed by atoms with Gasteiger partial charge in [0.2, 0.25) is 0 Å². The van der Waals surface area contributed by atoms with Crippen LogP contribution in [0.3, 0.4) is 0 Å². The third kappa shape index (κ3) is 1.79. The first-order chi connectivity index (χ1) is 9.92. The average molecular weight is 266 g/mol. The quantitative estimate of drug-likeness (QED) is 0.775. The van der Waals surface area contributed by atoms with Crippen LogP contribution in [0.15, 0.2) is 49.1 Å². The summed E-state index contributed by atoms with van der Waals surface area (Å²) in [6, 6.07) is 8.43. The molecule has 1 aliphatic heterocycles. The highest BCUT2D eigenvalue weighted by atomic mass is 16.5. The van der Waals surface area contributed by atoms with E-state index in [0.29, 0.717) is 6.61 Å². The molecular formula is C15H14N4O. The summed E-state index contributed by atoms with van der Waals surface area (Å²) in [4.78, 5) is 11.8. The molecule has 3 heterocycles. The zero-order chi connectivity index (χ0) is 13.4. The molecule has 1 aromatic carbocycles. The van der Waals surface area contributed by atoms with Gasteiger partial charge in [0.1, 0.15) is 12.4 Å². The van der Waals surface area contributed by atoms with E-state index in [2.05, 4.69) is 25.6 Å². The van der Waals surface area contributed by atoms with Gasteiger partial charge < -0.3 is 14.3 Å². The highest BCUT2D eigenvalue weighted by Gasteiger charge is 2.23. The second-order valence-electron chi connectivity index (χ2n) is 4.87. The van der Waals surface area contributed by atoms with E-state index in [1.165, 1.54) is 5.56 Å². The normalized spacial score (nSPS) is 17.5. The molecular weight excluding hydrogens is 252 g/mol. The van der Waals surface area contributed by atoms with E-state index >= 15 is 0 Å². The molecule has 0 fully saturated rings. The van der Waals surface area contributed by atoms with Crippen LogP contribution in [-0.4, -0.2) is 26.1 Å². The first-order valence-electron chi connectivity index (χ1n) is 6.65. The van der Waals surface area contributed by atoms with Crippen LogP contribution in [0.25, 0.3) is 11.6 Å². The Morgan fingerprint density at radius 3 is 3.05 bits per heavy atom. The van der Waals surface area contributed by atoms with Gasteiger partial charge in [-0.05, 0) is 11.6 Å². The number of rotatable bonds is 2. The summed E-state index contributed by atoms with van der Waals surface area (Å²) in [5.41, 5.74) is 1.24. The highest BCUT2D eigenvalue weighted by Crippen LogP contribution is 2.30. The molecule has 4 rings (SSSR count). The molecule has 100 valence electrons. The van der Waals surface area contributed by atoms with Crippen molar-refractivity contribution in [3.63, 3.8) is 0 Å². The van der Waals surface area contributed by atoms with Crippen molar-refractivity contribution < 1.29 is 4.74 Å². The molecule has 0 saturated heterocycles. The highest BCUT2D eigenvalue weighted by molar-refractivity contribution is 5.44. The minimum atomic E-state index is 0.243. The Balaban J connectivity index is 1.69. The Morgan fingerprint density at radius 1 is 1.20 bits per heavy atom. The van der Waals surface area contributed by atoms with E-state index in [-0.39, 0.29) is 6.04 Å². The zero-order valence-electron chi connectivity index (χ0n) is 10.9. The molecule has 5 heteroatoms. The van der Waals surface area contributed by atoms with Gasteiger partial charge in [-0.2, -0.15) is 0 Å². The van der Waals surface area contributed by atoms with Gasteiger partial charge in [-0.1, -0.05) is 18.2 Å². The molecule has 0 spiro atoms. The molecule has 0 radical (unpaired) electrons. The monoisotopic (exact) mass is 266 g/mol. The van der Waals surface area contributed by atoms with Gasteiger partial charge in [-0.25, -0.2) is 9.97 Å². The van der Waals surface area contributed by atoms with E-state index in [9.17, 15) is 0 Å². The first-order valence-corrected chi connectivity index (χ1v) is 6.65. The van der Waals surface area contributed by atoms with Crippen molar-refractivity contribution in [2.24, 2.45) is 0 Å². The number of nitrogens with zero attached hydrogens (tertiary/aromatic N) is 3. The SMILES string of the molecule is c1ccc2c(c1)C[C@@H](n1ccnc1-c1ncc[nH]1)CO2. The lowest BCUT2D eigenvalue weighted by Gasteiger charge is -2.27. The number of fused-ring (bicyclic) bond motifs is 1. The van der Waals surface area contributed by atoms with E-state index in [1.54, 1.807) is 18.6 Å². The molecule has 3 aromatic rings. The molecule has 20 heavy (non-hydrogen) atoms. The van der Waals surface area contributed by atoms with E-state index < -0.39 is 0 Å². The molecule has 1 aliphatic rings. The van der Waals surface area contributed by atoms with Crippen molar-refractivity contribution in [1.29, 1.82) is 0 Å². The lowest BCUT2D eigenvalue weighted by atomic mass is 10.0. The molecule has 1 atom stereocenters. The first kappa shape index (κ1) is 11.3. The van der Waals surface area contributed by atoms with Crippen LogP contribution in [0.4, 0.5) is 0 Å². The number of hydrogen-bond acceptors (Lipinski definition) is 3. The van der Waals surface area contributed by atoms with Crippen molar-refractivity contribution >= 4 is 0 Å². The summed E-state index contributed by atoms with van der Waals surface area (Å²) in [7, 11) is 0. The molecule has 2 aromatic heterocycles. The van der Waals surface area contributed by atoms with E-state index in [4.69, 9.17) is 4.74 Å². The van der Waals surface area contributed by atoms with Gasteiger partial charge in [-0.3, -0.25) is 0 Å². The summed E-state index contributed by atoms with van der Waals surface area (Å²) in [5, 5.41) is 0. The van der Waals surface area contributed by atoms with Crippen molar-refractivity contribution in [3.05, 3.63) is 54.6 Å². The molecule has 0 bridgehead atoms. The molecule has 5 nitrogen and oxygen atoms in total. The van der Waals surface area contributed by atoms with Crippen molar-refractivity contribution in [2.45, 2.75) is 12.5 Å². The Labute approximate surface area is 116 Å². The minimum Gasteiger partial charge on any atom is -0.491 e. The number of ether oxygens (including phenoxy) is 1. The minimum absolute atomic E-state index is 0.243. The number of hydrogen-bond donors (Lipinski definition) is 1. The summed E-state index contributed by atoms with van der Waals surface area (Å²) >= 11 is 0. The van der Waals surface area contributed by atoms with Crippen molar-refractivity contribution in [3.8, 4) is 17.4 Å². The van der Waals surface area contributed by atoms with Crippen LogP contribution in [0, 0.1) is 0 Å². The maximum Gasteiger partial charge on any atom is 0.176 e. The fraction of sp³-hybridized carbons (Fsp3) is 0.200. The molecule has 0 aliphatic carbocycles. The van der Waals surface area contributed by atoms with Gasteiger partial charge in [0, 0.05) is 31.2 Å². The van der Waals surface area contributed by atoms with Gasteiger partial charge in [-0.15, -0.1) is 0 Å². The van der Waals surface area contributed by atoms with Crippen LogP contribution in [0.1, 0.15) is 11.6 Å². The topological polar surface area (TPSA) is 55.7 Å². The fourth-order valence-electron chi connectivity index (χ4n) is 2.67. The Hall–Kier alpha value is -2.56. The lowest BCUT2D eigenvalue weighted by Crippen LogP contribution is -2.24. The van der Waals surface area contributed by atoms with Crippen molar-refractivity contribution in [2.75, 3.05) is 6.61 Å². The number of para-hydroxylation sites is 1. The standard InChI is InChI=1S/C15H14N4O/c1-2-4-13-11(3-1)9-12(10-20-13)19-8-7-18-15(19)14-16-5-6-17-14/h1-8,12H,9-10H2,(H,16,17)/t12-/m1/s1. The van der Waals surface area contributed by atoms with Gasteiger partial charge in [0.25, 0.3) is 0 Å². The number of aromatic amines is 1. The Morgan fingerprint density at radius 2 is 2.15 bits per heavy atom. The van der Waals surface area contributed by atoms with Crippen LogP contribution in [-0.2, 0) is 6.42 Å². The van der Waals surface area contributed by atoms with Crippen LogP contribution >= 0.6 is 0 Å². The van der Waals surface area contributed by atoms with E-state index in [1.807, 2.05) is 24.4 Å². The predicted molar refractivity (Wildman–Crippen MR) is 74.5 cm³/mol. The van der Waals surface area contributed by atoms with Gasteiger partial charge in [0.05, 0.1) is 6.04 Å². The predicted octanol–water partition coefficient (Wildman–Crippen LogP) is 2.45. The maximum atomic E-state index is 5.85. The summed E-state index contributed by atoms with van der Waals surface area (Å²) in [5.74, 6) is 2.63. The van der Waals surface area contributed by atoms with Gasteiger partial charge >= 0.3 is 0 Å². The summed E-state index contributed by atoms with van der Waals surface area (Å²) < 4.78 is 7.99. The number of imidazole rings is 2. The van der Waals surface area contributed by atoms with Crippen LogP contribution in [0.5, 0.6) is 5.75 Å². The second-order valence-corrected chi connectivity index (χ2v) is 4.87. The number of nitrogens with one attached hydrogen (secondary N) is 1. The summed E-state index contributed by atoms with van der Waals surface area (Å²) in [6.07, 6.45) is 8.28.